The molecule has 0 saturated heterocycles. The molecular formula is C16H22ClN3O3. The molecule has 0 aromatic heterocycles. The number of amides is 2. The Morgan fingerprint density at radius 1 is 1.39 bits per heavy atom. The summed E-state index contributed by atoms with van der Waals surface area (Å²) in [5, 5.41) is 2.97. The van der Waals surface area contributed by atoms with Crippen LogP contribution in [0.15, 0.2) is 24.3 Å². The van der Waals surface area contributed by atoms with E-state index in [2.05, 4.69) is 5.32 Å². The lowest BCUT2D eigenvalue weighted by Crippen LogP contribution is -2.44. The minimum Gasteiger partial charge on any atom is -0.482 e. The Hall–Kier alpha value is -1.79. The van der Waals surface area contributed by atoms with E-state index in [0.717, 1.165) is 18.5 Å². The summed E-state index contributed by atoms with van der Waals surface area (Å²) in [6.07, 6.45) is 2.54. The second-order valence-corrected chi connectivity index (χ2v) is 5.80. The van der Waals surface area contributed by atoms with Crippen molar-refractivity contribution in [3.8, 4) is 5.75 Å². The van der Waals surface area contributed by atoms with Gasteiger partial charge in [0.05, 0.1) is 5.69 Å². The Kier molecular flexibility index (Phi) is 5.85. The Balaban J connectivity index is 0.00000192. The highest BCUT2D eigenvalue weighted by Crippen LogP contribution is 2.33. The predicted molar refractivity (Wildman–Crippen MR) is 89.9 cm³/mol. The van der Waals surface area contributed by atoms with Crippen molar-refractivity contribution in [1.82, 2.24) is 5.32 Å². The highest BCUT2D eigenvalue weighted by atomic mass is 35.5. The molecule has 1 unspecified atom stereocenters. The van der Waals surface area contributed by atoms with Crippen LogP contribution in [0.2, 0.25) is 0 Å². The molecule has 1 saturated carbocycles. The fraction of sp³-hybridized carbons (Fsp3) is 0.500. The van der Waals surface area contributed by atoms with Crippen LogP contribution in [-0.2, 0) is 9.59 Å². The first kappa shape index (κ1) is 17.6. The molecular weight excluding hydrogens is 318 g/mol. The minimum absolute atomic E-state index is 0. The lowest BCUT2D eigenvalue weighted by atomic mass is 10.1. The van der Waals surface area contributed by atoms with Gasteiger partial charge in [0.1, 0.15) is 5.75 Å². The number of fused-ring (bicyclic) bond motifs is 1. The molecule has 1 aromatic carbocycles. The van der Waals surface area contributed by atoms with Crippen molar-refractivity contribution in [3.05, 3.63) is 24.3 Å². The maximum Gasteiger partial charge on any atom is 0.265 e. The fourth-order valence-electron chi connectivity index (χ4n) is 2.76. The van der Waals surface area contributed by atoms with Crippen molar-refractivity contribution in [2.24, 2.45) is 11.7 Å². The van der Waals surface area contributed by atoms with Gasteiger partial charge in [-0.2, -0.15) is 0 Å². The molecule has 1 fully saturated rings. The third-order valence-corrected chi connectivity index (χ3v) is 4.16. The molecule has 1 atom stereocenters. The van der Waals surface area contributed by atoms with Crippen molar-refractivity contribution in [2.75, 3.05) is 24.6 Å². The summed E-state index contributed by atoms with van der Waals surface area (Å²) < 4.78 is 5.39. The van der Waals surface area contributed by atoms with Gasteiger partial charge in [-0.05, 0) is 30.9 Å². The van der Waals surface area contributed by atoms with Crippen LogP contribution in [0.3, 0.4) is 0 Å². The number of hydrogen-bond donors (Lipinski definition) is 2. The molecule has 1 aliphatic carbocycles. The highest BCUT2D eigenvalue weighted by Gasteiger charge is 2.31. The number of anilines is 1. The summed E-state index contributed by atoms with van der Waals surface area (Å²) in [4.78, 5) is 25.7. The molecule has 126 valence electrons. The summed E-state index contributed by atoms with van der Waals surface area (Å²) in [5.41, 5.74) is 6.42. The summed E-state index contributed by atoms with van der Waals surface area (Å²) in [6, 6.07) is 7.44. The average molecular weight is 340 g/mol. The quantitative estimate of drug-likeness (QED) is 0.812. The van der Waals surface area contributed by atoms with Crippen molar-refractivity contribution >= 4 is 29.9 Å². The molecule has 7 heteroatoms. The van der Waals surface area contributed by atoms with E-state index in [0.29, 0.717) is 24.8 Å². The molecule has 1 heterocycles. The lowest BCUT2D eigenvalue weighted by molar-refractivity contribution is -0.122. The number of halogens is 1. The van der Waals surface area contributed by atoms with Gasteiger partial charge >= 0.3 is 0 Å². The van der Waals surface area contributed by atoms with Crippen LogP contribution in [0.4, 0.5) is 5.69 Å². The second kappa shape index (κ2) is 7.66. The van der Waals surface area contributed by atoms with Gasteiger partial charge < -0.3 is 20.7 Å². The van der Waals surface area contributed by atoms with Gasteiger partial charge in [0.2, 0.25) is 5.91 Å². The number of carbonyl (C=O) groups excluding carboxylic acids is 2. The maximum atomic E-state index is 12.1. The number of nitrogens with one attached hydrogen (secondary N) is 1. The highest BCUT2D eigenvalue weighted by molar-refractivity contribution is 5.98. The standard InChI is InChI=1S/C16H21N3O3.ClH/c17-9-12(11-5-6-11)18-15(20)7-8-19-13-3-1-2-4-14(13)22-10-16(19)21;/h1-4,11-12H,5-10,17H2,(H,18,20);1H. The molecule has 3 rings (SSSR count). The monoisotopic (exact) mass is 339 g/mol. The van der Waals surface area contributed by atoms with E-state index in [1.54, 1.807) is 4.90 Å². The molecule has 0 bridgehead atoms. The van der Waals surface area contributed by atoms with Gasteiger partial charge in [-0.3, -0.25) is 9.59 Å². The second-order valence-electron chi connectivity index (χ2n) is 5.80. The SMILES string of the molecule is Cl.NCC(NC(=O)CCN1C(=O)COc2ccccc21)C1CC1. The topological polar surface area (TPSA) is 84.7 Å². The number of benzene rings is 1. The normalized spacial score (nSPS) is 17.6. The third kappa shape index (κ3) is 4.14. The van der Waals surface area contributed by atoms with Gasteiger partial charge in [0, 0.05) is 25.6 Å². The first-order valence-electron chi connectivity index (χ1n) is 7.70. The van der Waals surface area contributed by atoms with E-state index < -0.39 is 0 Å². The number of hydrogen-bond acceptors (Lipinski definition) is 4. The van der Waals surface area contributed by atoms with Gasteiger partial charge in [-0.15, -0.1) is 12.4 Å². The zero-order valence-electron chi connectivity index (χ0n) is 12.9. The van der Waals surface area contributed by atoms with Crippen LogP contribution in [0.25, 0.3) is 0 Å². The fourth-order valence-corrected chi connectivity index (χ4v) is 2.76. The van der Waals surface area contributed by atoms with Crippen molar-refractivity contribution < 1.29 is 14.3 Å². The van der Waals surface area contributed by atoms with E-state index in [9.17, 15) is 9.59 Å². The molecule has 3 N–H and O–H groups in total. The number of nitrogens with two attached hydrogens (primary N) is 1. The number of nitrogens with zero attached hydrogens (tertiary/aromatic N) is 1. The molecule has 1 aliphatic heterocycles. The van der Waals surface area contributed by atoms with Crippen LogP contribution in [-0.4, -0.2) is 37.6 Å². The smallest absolute Gasteiger partial charge is 0.265 e. The Bertz CT molecular complexity index is 577. The van der Waals surface area contributed by atoms with E-state index in [-0.39, 0.29) is 43.3 Å². The van der Waals surface area contributed by atoms with Crippen LogP contribution < -0.4 is 20.7 Å². The molecule has 0 spiro atoms. The van der Waals surface area contributed by atoms with Gasteiger partial charge in [0.15, 0.2) is 6.61 Å². The van der Waals surface area contributed by atoms with Crippen LogP contribution >= 0.6 is 12.4 Å². The van der Waals surface area contributed by atoms with Crippen LogP contribution in [0.1, 0.15) is 19.3 Å². The van der Waals surface area contributed by atoms with E-state index in [1.165, 1.54) is 0 Å². The lowest BCUT2D eigenvalue weighted by Gasteiger charge is -2.29. The average Bonchev–Trinajstić information content (AvgIpc) is 3.36. The number of para-hydroxylation sites is 2. The van der Waals surface area contributed by atoms with Crippen molar-refractivity contribution in [3.63, 3.8) is 0 Å². The summed E-state index contributed by atoms with van der Waals surface area (Å²) in [7, 11) is 0. The van der Waals surface area contributed by atoms with Gasteiger partial charge in [0.25, 0.3) is 5.91 Å². The van der Waals surface area contributed by atoms with Crippen molar-refractivity contribution in [2.45, 2.75) is 25.3 Å². The van der Waals surface area contributed by atoms with Crippen LogP contribution in [0, 0.1) is 5.92 Å². The van der Waals surface area contributed by atoms with E-state index in [4.69, 9.17) is 10.5 Å². The summed E-state index contributed by atoms with van der Waals surface area (Å²) in [5.74, 6) is 1.03. The van der Waals surface area contributed by atoms with E-state index in [1.807, 2.05) is 24.3 Å². The first-order valence-corrected chi connectivity index (χ1v) is 7.70. The third-order valence-electron chi connectivity index (χ3n) is 4.16. The molecule has 6 nitrogen and oxygen atoms in total. The summed E-state index contributed by atoms with van der Waals surface area (Å²) >= 11 is 0. The largest absolute Gasteiger partial charge is 0.482 e. The van der Waals surface area contributed by atoms with Crippen molar-refractivity contribution in [1.29, 1.82) is 0 Å². The predicted octanol–water partition coefficient (Wildman–Crippen LogP) is 1.08. The summed E-state index contributed by atoms with van der Waals surface area (Å²) in [6.45, 7) is 0.842. The zero-order valence-corrected chi connectivity index (χ0v) is 13.7. The van der Waals surface area contributed by atoms with Gasteiger partial charge in [-0.1, -0.05) is 12.1 Å². The Morgan fingerprint density at radius 3 is 2.83 bits per heavy atom. The minimum atomic E-state index is -0.121. The molecule has 0 radical (unpaired) electrons. The van der Waals surface area contributed by atoms with Crippen LogP contribution in [0.5, 0.6) is 5.75 Å². The Labute approximate surface area is 141 Å². The maximum absolute atomic E-state index is 12.1. The Morgan fingerprint density at radius 2 is 2.13 bits per heavy atom. The molecule has 23 heavy (non-hydrogen) atoms. The number of ether oxygens (including phenoxy) is 1. The molecule has 2 aliphatic rings. The van der Waals surface area contributed by atoms with E-state index >= 15 is 0 Å². The molecule has 2 amide bonds. The van der Waals surface area contributed by atoms with Gasteiger partial charge in [-0.25, -0.2) is 0 Å². The number of carbonyl (C=O) groups is 2. The zero-order chi connectivity index (χ0) is 15.5. The molecule has 1 aromatic rings. The first-order chi connectivity index (χ1) is 10.7. The number of rotatable bonds is 6.